The molecule has 1 aliphatic rings. The Morgan fingerprint density at radius 2 is 1.86 bits per heavy atom. The number of morpholine rings is 1. The summed E-state index contributed by atoms with van der Waals surface area (Å²) < 4.78 is 5.36. The third-order valence-corrected chi connectivity index (χ3v) is 4.88. The van der Waals surface area contributed by atoms with Gasteiger partial charge in [0, 0.05) is 32.8 Å². The number of aryl methyl sites for hydroxylation is 1. The molecule has 2 N–H and O–H groups in total. The monoisotopic (exact) mass is 396 g/mol. The van der Waals surface area contributed by atoms with E-state index in [-0.39, 0.29) is 24.3 Å². The number of ether oxygens (including phenoxy) is 1. The fraction of sp³-hybridized carbons (Fsp3) is 0.409. The molecule has 1 saturated heterocycles. The number of amides is 2. The highest BCUT2D eigenvalue weighted by molar-refractivity contribution is 5.79. The molecule has 154 valence electrons. The maximum Gasteiger partial charge on any atom is 0.222 e. The smallest absolute Gasteiger partial charge is 0.222 e. The number of anilines is 1. The molecule has 7 nitrogen and oxygen atoms in total. The van der Waals surface area contributed by atoms with Crippen molar-refractivity contribution in [3.05, 3.63) is 59.3 Å². The van der Waals surface area contributed by atoms with Gasteiger partial charge in [0.15, 0.2) is 0 Å². The quantitative estimate of drug-likeness (QED) is 0.749. The number of aromatic nitrogens is 1. The van der Waals surface area contributed by atoms with Gasteiger partial charge in [-0.15, -0.1) is 0 Å². The molecule has 1 atom stereocenters. The fourth-order valence-electron chi connectivity index (χ4n) is 3.26. The highest BCUT2D eigenvalue weighted by Crippen LogP contribution is 2.18. The summed E-state index contributed by atoms with van der Waals surface area (Å²) in [5.74, 6) is 0.640. The van der Waals surface area contributed by atoms with Crippen LogP contribution in [0.4, 0.5) is 5.82 Å². The maximum absolute atomic E-state index is 12.5. The highest BCUT2D eigenvalue weighted by Gasteiger charge is 2.17. The van der Waals surface area contributed by atoms with E-state index in [4.69, 9.17) is 4.74 Å². The lowest BCUT2D eigenvalue weighted by atomic mass is 10.0. The van der Waals surface area contributed by atoms with E-state index in [0.717, 1.165) is 48.8 Å². The molecule has 1 aromatic carbocycles. The van der Waals surface area contributed by atoms with Gasteiger partial charge in [0.2, 0.25) is 11.8 Å². The minimum Gasteiger partial charge on any atom is -0.378 e. The van der Waals surface area contributed by atoms with E-state index in [9.17, 15) is 9.59 Å². The van der Waals surface area contributed by atoms with Crippen LogP contribution in [0.2, 0.25) is 0 Å². The number of nitrogens with zero attached hydrogens (tertiary/aromatic N) is 2. The average Bonchev–Trinajstić information content (AvgIpc) is 2.73. The van der Waals surface area contributed by atoms with Crippen molar-refractivity contribution in [2.45, 2.75) is 32.9 Å². The topological polar surface area (TPSA) is 83.6 Å². The second kappa shape index (κ2) is 10.0. The van der Waals surface area contributed by atoms with E-state index < -0.39 is 0 Å². The van der Waals surface area contributed by atoms with Gasteiger partial charge >= 0.3 is 0 Å². The minimum absolute atomic E-state index is 0.124. The molecule has 29 heavy (non-hydrogen) atoms. The van der Waals surface area contributed by atoms with Gasteiger partial charge in [0.1, 0.15) is 5.82 Å². The molecule has 0 bridgehead atoms. The lowest BCUT2D eigenvalue weighted by Gasteiger charge is -2.27. The van der Waals surface area contributed by atoms with Crippen molar-refractivity contribution in [1.29, 1.82) is 0 Å². The van der Waals surface area contributed by atoms with E-state index in [1.54, 1.807) is 6.20 Å². The first-order valence-electron chi connectivity index (χ1n) is 9.89. The number of carbonyl (C=O) groups is 2. The molecule has 1 aliphatic heterocycles. The van der Waals surface area contributed by atoms with Gasteiger partial charge in [-0.05, 0) is 24.1 Å². The van der Waals surface area contributed by atoms with Crippen molar-refractivity contribution in [2.75, 3.05) is 31.2 Å². The Morgan fingerprint density at radius 1 is 1.14 bits per heavy atom. The van der Waals surface area contributed by atoms with Gasteiger partial charge in [-0.1, -0.05) is 35.9 Å². The molecule has 0 radical (unpaired) electrons. The second-order valence-electron chi connectivity index (χ2n) is 7.27. The number of hydrogen-bond donors (Lipinski definition) is 2. The van der Waals surface area contributed by atoms with Gasteiger partial charge in [-0.2, -0.15) is 0 Å². The largest absolute Gasteiger partial charge is 0.378 e. The van der Waals surface area contributed by atoms with Crippen LogP contribution in [-0.2, 0) is 20.9 Å². The summed E-state index contributed by atoms with van der Waals surface area (Å²) in [4.78, 5) is 30.7. The molecule has 0 unspecified atom stereocenters. The molecule has 2 heterocycles. The Kier molecular flexibility index (Phi) is 7.19. The van der Waals surface area contributed by atoms with Crippen LogP contribution < -0.4 is 15.5 Å². The van der Waals surface area contributed by atoms with Crippen molar-refractivity contribution >= 4 is 17.6 Å². The number of carbonyl (C=O) groups excluding carboxylic acids is 2. The zero-order valence-electron chi connectivity index (χ0n) is 17.0. The number of pyridine rings is 1. The van der Waals surface area contributed by atoms with Crippen LogP contribution in [0.25, 0.3) is 0 Å². The van der Waals surface area contributed by atoms with Gasteiger partial charge < -0.3 is 20.3 Å². The second-order valence-corrected chi connectivity index (χ2v) is 7.27. The maximum atomic E-state index is 12.5. The molecule has 0 spiro atoms. The predicted molar refractivity (Wildman–Crippen MR) is 111 cm³/mol. The predicted octanol–water partition coefficient (Wildman–Crippen LogP) is 2.11. The SMILES string of the molecule is CC(=O)N[C@@H](CC(=O)NCc1ccc(N2CCOCC2)nc1)c1ccc(C)cc1. The lowest BCUT2D eigenvalue weighted by molar-refractivity contribution is -0.122. The van der Waals surface area contributed by atoms with Crippen LogP contribution in [0.3, 0.4) is 0 Å². The third-order valence-electron chi connectivity index (χ3n) is 4.88. The Hall–Kier alpha value is -2.93. The van der Waals surface area contributed by atoms with E-state index in [2.05, 4.69) is 20.5 Å². The van der Waals surface area contributed by atoms with Gasteiger partial charge in [0.05, 0.1) is 25.7 Å². The van der Waals surface area contributed by atoms with Crippen LogP contribution in [0, 0.1) is 6.92 Å². The molecular weight excluding hydrogens is 368 g/mol. The molecule has 3 rings (SSSR count). The highest BCUT2D eigenvalue weighted by atomic mass is 16.5. The van der Waals surface area contributed by atoms with E-state index in [0.29, 0.717) is 6.54 Å². The first kappa shape index (κ1) is 20.8. The Morgan fingerprint density at radius 3 is 2.48 bits per heavy atom. The van der Waals surface area contributed by atoms with E-state index in [1.165, 1.54) is 6.92 Å². The van der Waals surface area contributed by atoms with E-state index >= 15 is 0 Å². The van der Waals surface area contributed by atoms with Crippen molar-refractivity contribution in [3.8, 4) is 0 Å². The van der Waals surface area contributed by atoms with Crippen LogP contribution in [0.5, 0.6) is 0 Å². The number of nitrogens with one attached hydrogen (secondary N) is 2. The van der Waals surface area contributed by atoms with Gasteiger partial charge in [0.25, 0.3) is 0 Å². The summed E-state index contributed by atoms with van der Waals surface area (Å²) in [5.41, 5.74) is 2.98. The minimum atomic E-state index is -0.352. The molecular formula is C22H28N4O3. The summed E-state index contributed by atoms with van der Waals surface area (Å²) >= 11 is 0. The van der Waals surface area contributed by atoms with Crippen LogP contribution in [0.1, 0.15) is 36.1 Å². The van der Waals surface area contributed by atoms with Crippen LogP contribution in [-0.4, -0.2) is 43.1 Å². The summed E-state index contributed by atoms with van der Waals surface area (Å²) in [7, 11) is 0. The Labute approximate surface area is 171 Å². The number of benzene rings is 1. The normalized spacial score (nSPS) is 14.9. The van der Waals surface area contributed by atoms with Gasteiger partial charge in [-0.25, -0.2) is 4.98 Å². The summed E-state index contributed by atoms with van der Waals surface area (Å²) in [6.07, 6.45) is 1.97. The molecule has 0 saturated carbocycles. The molecule has 0 aliphatic carbocycles. The Balaban J connectivity index is 1.54. The zero-order valence-corrected chi connectivity index (χ0v) is 17.0. The standard InChI is InChI=1S/C22H28N4O3/c1-16-3-6-19(7-4-16)20(25-17(2)27)13-22(28)24-15-18-5-8-21(23-14-18)26-9-11-29-12-10-26/h3-8,14,20H,9-13,15H2,1-2H3,(H,24,28)(H,25,27)/t20-/m0/s1. The van der Waals surface area contributed by atoms with Gasteiger partial charge in [-0.3, -0.25) is 9.59 Å². The molecule has 7 heteroatoms. The first-order valence-corrected chi connectivity index (χ1v) is 9.89. The van der Waals surface area contributed by atoms with Crippen molar-refractivity contribution in [1.82, 2.24) is 15.6 Å². The Bertz CT molecular complexity index is 815. The van der Waals surface area contributed by atoms with Crippen molar-refractivity contribution < 1.29 is 14.3 Å². The fourth-order valence-corrected chi connectivity index (χ4v) is 3.26. The number of rotatable bonds is 7. The van der Waals surface area contributed by atoms with Crippen LogP contribution in [0.15, 0.2) is 42.6 Å². The molecule has 1 aromatic heterocycles. The lowest BCUT2D eigenvalue weighted by Crippen LogP contribution is -2.36. The first-order chi connectivity index (χ1) is 14.0. The average molecular weight is 396 g/mol. The molecule has 2 aromatic rings. The van der Waals surface area contributed by atoms with E-state index in [1.807, 2.05) is 43.3 Å². The number of hydrogen-bond acceptors (Lipinski definition) is 5. The molecule has 1 fully saturated rings. The van der Waals surface area contributed by atoms with Crippen molar-refractivity contribution in [2.24, 2.45) is 0 Å². The molecule has 2 amide bonds. The van der Waals surface area contributed by atoms with Crippen LogP contribution >= 0.6 is 0 Å². The summed E-state index contributed by atoms with van der Waals surface area (Å²) in [6.45, 7) is 6.98. The zero-order chi connectivity index (χ0) is 20.6. The summed E-state index contributed by atoms with van der Waals surface area (Å²) in [6, 6.07) is 11.4. The third kappa shape index (κ3) is 6.29. The van der Waals surface area contributed by atoms with Crippen molar-refractivity contribution in [3.63, 3.8) is 0 Å². The summed E-state index contributed by atoms with van der Waals surface area (Å²) in [5, 5.41) is 5.78.